The quantitative estimate of drug-likeness (QED) is 0.525. The van der Waals surface area contributed by atoms with Crippen LogP contribution in [0.25, 0.3) is 0 Å². The fourth-order valence-electron chi connectivity index (χ4n) is 2.17. The van der Waals surface area contributed by atoms with Gasteiger partial charge in [0, 0.05) is 0 Å². The summed E-state index contributed by atoms with van der Waals surface area (Å²) >= 11 is 0.0430. The summed E-state index contributed by atoms with van der Waals surface area (Å²) < 4.78 is 3.02. The van der Waals surface area contributed by atoms with Crippen molar-refractivity contribution in [3.05, 3.63) is 65.7 Å². The van der Waals surface area contributed by atoms with Crippen LogP contribution in [-0.4, -0.2) is 20.9 Å². The van der Waals surface area contributed by atoms with Crippen molar-refractivity contribution in [2.75, 3.05) is 0 Å². The zero-order valence-electron chi connectivity index (χ0n) is 13.0. The average molecular weight is 395 g/mol. The summed E-state index contributed by atoms with van der Waals surface area (Å²) in [5.41, 5.74) is 2.73. The molecule has 1 N–H and O–H groups in total. The van der Waals surface area contributed by atoms with E-state index in [1.54, 1.807) is 3.61 Å². The van der Waals surface area contributed by atoms with E-state index in [0.29, 0.717) is 6.04 Å². The third kappa shape index (κ3) is 5.83. The summed E-state index contributed by atoms with van der Waals surface area (Å²) in [4.78, 5) is 0. The molecule has 1 unspecified atom stereocenters. The Labute approximate surface area is 139 Å². The molecule has 2 aromatic carbocycles. The molecular formula is C19H25NTe. The molecule has 0 fully saturated rings. The second-order valence-corrected chi connectivity index (χ2v) is 8.69. The van der Waals surface area contributed by atoms with Gasteiger partial charge in [0.2, 0.25) is 0 Å². The molecule has 0 saturated heterocycles. The maximum absolute atomic E-state index is 3.60. The molecule has 0 saturated carbocycles. The van der Waals surface area contributed by atoms with E-state index in [2.05, 4.69) is 73.8 Å². The van der Waals surface area contributed by atoms with E-state index in [9.17, 15) is 0 Å². The van der Waals surface area contributed by atoms with Gasteiger partial charge in [0.25, 0.3) is 0 Å². The second-order valence-electron chi connectivity index (χ2n) is 5.36. The summed E-state index contributed by atoms with van der Waals surface area (Å²) in [6.45, 7) is 5.44. The van der Waals surface area contributed by atoms with Crippen LogP contribution in [0.4, 0.5) is 0 Å². The Morgan fingerprint density at radius 2 is 1.71 bits per heavy atom. The van der Waals surface area contributed by atoms with E-state index < -0.39 is 0 Å². The van der Waals surface area contributed by atoms with Crippen molar-refractivity contribution in [1.82, 2.24) is 5.32 Å². The molecule has 2 rings (SSSR count). The Morgan fingerprint density at radius 1 is 1.00 bits per heavy atom. The molecule has 0 bridgehead atoms. The zero-order chi connectivity index (χ0) is 14.9. The van der Waals surface area contributed by atoms with E-state index in [0.717, 1.165) is 6.54 Å². The Kier molecular flexibility index (Phi) is 7.30. The molecule has 1 nitrogen and oxygen atoms in total. The summed E-state index contributed by atoms with van der Waals surface area (Å²) in [5, 5.41) is 3.60. The van der Waals surface area contributed by atoms with E-state index in [1.165, 1.54) is 28.4 Å². The number of unbranched alkanes of at least 4 members (excludes halogenated alkanes) is 1. The van der Waals surface area contributed by atoms with Crippen LogP contribution in [0.3, 0.4) is 0 Å². The molecule has 0 aliphatic carbocycles. The fraction of sp³-hybridized carbons (Fsp3) is 0.368. The standard InChI is InChI=1S/C19H25NTe/c1-3-4-14-21-19-12-10-18(11-13-19)16(2)20-15-17-8-6-5-7-9-17/h5-13,16,20H,3-4,14-15H2,1-2H3. The number of hydrogen-bond acceptors (Lipinski definition) is 1. The van der Waals surface area contributed by atoms with Crippen LogP contribution in [0.1, 0.15) is 43.9 Å². The number of hydrogen-bond donors (Lipinski definition) is 1. The Balaban J connectivity index is 1.83. The van der Waals surface area contributed by atoms with Crippen LogP contribution >= 0.6 is 0 Å². The molecule has 0 aliphatic heterocycles. The van der Waals surface area contributed by atoms with Gasteiger partial charge in [0.05, 0.1) is 0 Å². The van der Waals surface area contributed by atoms with Crippen LogP contribution in [0.2, 0.25) is 4.47 Å². The van der Waals surface area contributed by atoms with Gasteiger partial charge in [-0.25, -0.2) is 0 Å². The van der Waals surface area contributed by atoms with Crippen molar-refractivity contribution in [3.8, 4) is 0 Å². The Hall–Kier alpha value is -0.810. The van der Waals surface area contributed by atoms with Crippen molar-refractivity contribution in [3.63, 3.8) is 0 Å². The maximum atomic E-state index is 3.60. The van der Waals surface area contributed by atoms with Gasteiger partial charge in [0.1, 0.15) is 0 Å². The second kappa shape index (κ2) is 9.26. The van der Waals surface area contributed by atoms with Crippen molar-refractivity contribution in [2.45, 2.75) is 43.7 Å². The van der Waals surface area contributed by atoms with Gasteiger partial charge in [-0.15, -0.1) is 0 Å². The molecule has 1 atom stereocenters. The molecule has 2 aromatic rings. The van der Waals surface area contributed by atoms with Gasteiger partial charge in [-0.1, -0.05) is 0 Å². The first-order chi connectivity index (χ1) is 10.3. The fourth-order valence-corrected chi connectivity index (χ4v) is 5.02. The van der Waals surface area contributed by atoms with Gasteiger partial charge in [-0.3, -0.25) is 0 Å². The Morgan fingerprint density at radius 3 is 2.38 bits per heavy atom. The van der Waals surface area contributed by atoms with Gasteiger partial charge in [-0.05, 0) is 0 Å². The molecule has 0 spiro atoms. The first kappa shape index (κ1) is 16.6. The SMILES string of the molecule is CCCC[Te]c1ccc(C(C)NCc2ccccc2)cc1. The first-order valence-electron chi connectivity index (χ1n) is 7.79. The van der Waals surface area contributed by atoms with Crippen LogP contribution in [0.15, 0.2) is 54.6 Å². The third-order valence-corrected chi connectivity index (χ3v) is 6.74. The van der Waals surface area contributed by atoms with Crippen molar-refractivity contribution in [2.24, 2.45) is 0 Å². The molecule has 0 aromatic heterocycles. The third-order valence-electron chi connectivity index (χ3n) is 3.60. The van der Waals surface area contributed by atoms with Gasteiger partial charge >= 0.3 is 139 Å². The number of nitrogens with one attached hydrogen (secondary N) is 1. The first-order valence-corrected chi connectivity index (χ1v) is 10.6. The summed E-state index contributed by atoms with van der Waals surface area (Å²) in [7, 11) is 0. The predicted molar refractivity (Wildman–Crippen MR) is 93.2 cm³/mol. The zero-order valence-corrected chi connectivity index (χ0v) is 15.3. The van der Waals surface area contributed by atoms with Gasteiger partial charge in [-0.2, -0.15) is 0 Å². The molecule has 21 heavy (non-hydrogen) atoms. The molecular weight excluding hydrogens is 370 g/mol. The van der Waals surface area contributed by atoms with Crippen LogP contribution in [-0.2, 0) is 6.54 Å². The summed E-state index contributed by atoms with van der Waals surface area (Å²) in [6, 6.07) is 20.3. The topological polar surface area (TPSA) is 12.0 Å². The van der Waals surface area contributed by atoms with Gasteiger partial charge < -0.3 is 0 Å². The molecule has 0 heterocycles. The van der Waals surface area contributed by atoms with E-state index in [-0.39, 0.29) is 20.9 Å². The average Bonchev–Trinajstić information content (AvgIpc) is 2.54. The van der Waals surface area contributed by atoms with E-state index in [4.69, 9.17) is 0 Å². The van der Waals surface area contributed by atoms with Gasteiger partial charge in [0.15, 0.2) is 0 Å². The molecule has 112 valence electrons. The Bertz CT molecular complexity index is 507. The van der Waals surface area contributed by atoms with Crippen molar-refractivity contribution >= 4 is 24.5 Å². The monoisotopic (exact) mass is 397 g/mol. The molecule has 0 amide bonds. The van der Waals surface area contributed by atoms with Crippen LogP contribution < -0.4 is 8.93 Å². The van der Waals surface area contributed by atoms with E-state index in [1.807, 2.05) is 0 Å². The molecule has 0 aliphatic rings. The minimum absolute atomic E-state index is 0.0430. The number of benzene rings is 2. The van der Waals surface area contributed by atoms with Crippen molar-refractivity contribution in [1.29, 1.82) is 0 Å². The van der Waals surface area contributed by atoms with Crippen molar-refractivity contribution < 1.29 is 0 Å². The van der Waals surface area contributed by atoms with Crippen LogP contribution in [0, 0.1) is 0 Å². The molecule has 2 heteroatoms. The summed E-state index contributed by atoms with van der Waals surface area (Å²) in [5.74, 6) is 0. The normalized spacial score (nSPS) is 12.3. The summed E-state index contributed by atoms with van der Waals surface area (Å²) in [6.07, 6.45) is 2.71. The molecule has 0 radical (unpaired) electrons. The number of rotatable bonds is 8. The minimum atomic E-state index is 0.0430. The predicted octanol–water partition coefficient (Wildman–Crippen LogP) is 4.09. The van der Waals surface area contributed by atoms with E-state index >= 15 is 0 Å². The van der Waals surface area contributed by atoms with Crippen LogP contribution in [0.5, 0.6) is 0 Å².